The fraction of sp³-hybridized carbons (Fsp3) is 0.364. The highest BCUT2D eigenvalue weighted by Gasteiger charge is 2.40. The Labute approximate surface area is 231 Å². The summed E-state index contributed by atoms with van der Waals surface area (Å²) in [5.41, 5.74) is 6.15. The quantitative estimate of drug-likeness (QED) is 0.237. The fourth-order valence-corrected chi connectivity index (χ4v) is 6.03. The van der Waals surface area contributed by atoms with Gasteiger partial charge in [-0.1, -0.05) is 106 Å². The molecule has 1 heterocycles. The van der Waals surface area contributed by atoms with Gasteiger partial charge in [-0.15, -0.1) is 0 Å². The van der Waals surface area contributed by atoms with Crippen molar-refractivity contribution < 1.29 is 5.11 Å². The van der Waals surface area contributed by atoms with Crippen LogP contribution in [0.3, 0.4) is 0 Å². The van der Waals surface area contributed by atoms with E-state index in [1.807, 2.05) is 6.07 Å². The molecule has 1 unspecified atom stereocenters. The maximum absolute atomic E-state index is 9.97. The molecule has 4 aromatic rings. The molecule has 0 aliphatic heterocycles. The molecule has 3 aromatic carbocycles. The van der Waals surface area contributed by atoms with Crippen LogP contribution in [0, 0.1) is 5.41 Å². The molecule has 1 N–H and O–H groups in total. The van der Waals surface area contributed by atoms with Gasteiger partial charge in [-0.2, -0.15) is 0 Å². The van der Waals surface area contributed by atoms with Gasteiger partial charge in [0.15, 0.2) is 0 Å². The van der Waals surface area contributed by atoms with Gasteiger partial charge in [0, 0.05) is 30.2 Å². The standard InChI is InChI=1S/C33H38ClN3O/c1-4-5-18-37-31-29(35-32(37)25-14-10-7-11-15-25)20-33(2,3)21-30(31)36(22-24-12-8-6-9-13-24)23-26-16-17-27(38)19-28(26)34/h6-17,19,30,38H,4-5,18,20-23H2,1-3H3. The van der Waals surface area contributed by atoms with Gasteiger partial charge in [-0.3, -0.25) is 4.90 Å². The van der Waals surface area contributed by atoms with Crippen molar-refractivity contribution in [1.29, 1.82) is 0 Å². The number of phenols is 1. The van der Waals surface area contributed by atoms with Gasteiger partial charge >= 0.3 is 0 Å². The van der Waals surface area contributed by atoms with Gasteiger partial charge < -0.3 is 9.67 Å². The number of aromatic nitrogens is 2. The van der Waals surface area contributed by atoms with Gasteiger partial charge in [-0.25, -0.2) is 4.98 Å². The number of halogens is 1. The van der Waals surface area contributed by atoms with E-state index in [2.05, 4.69) is 90.9 Å². The maximum atomic E-state index is 9.97. The number of aromatic hydroxyl groups is 1. The lowest BCUT2D eigenvalue weighted by molar-refractivity contribution is 0.106. The van der Waals surface area contributed by atoms with Crippen molar-refractivity contribution in [3.63, 3.8) is 0 Å². The summed E-state index contributed by atoms with van der Waals surface area (Å²) in [5.74, 6) is 1.27. The highest BCUT2D eigenvalue weighted by Crippen LogP contribution is 2.46. The van der Waals surface area contributed by atoms with E-state index < -0.39 is 0 Å². The van der Waals surface area contributed by atoms with Crippen LogP contribution < -0.4 is 0 Å². The van der Waals surface area contributed by atoms with Crippen molar-refractivity contribution >= 4 is 11.6 Å². The van der Waals surface area contributed by atoms with E-state index in [9.17, 15) is 5.11 Å². The van der Waals surface area contributed by atoms with Crippen LogP contribution in [0.4, 0.5) is 0 Å². The van der Waals surface area contributed by atoms with E-state index in [0.717, 1.165) is 50.2 Å². The van der Waals surface area contributed by atoms with Crippen molar-refractivity contribution in [2.75, 3.05) is 0 Å². The van der Waals surface area contributed by atoms with Gasteiger partial charge in [0.1, 0.15) is 11.6 Å². The normalized spacial score (nSPS) is 16.5. The number of fused-ring (bicyclic) bond motifs is 1. The zero-order valence-electron chi connectivity index (χ0n) is 22.7. The summed E-state index contributed by atoms with van der Waals surface area (Å²) < 4.78 is 2.50. The molecule has 1 aliphatic rings. The summed E-state index contributed by atoms with van der Waals surface area (Å²) in [6, 6.07) is 26.8. The molecule has 4 nitrogen and oxygen atoms in total. The highest BCUT2D eigenvalue weighted by molar-refractivity contribution is 6.31. The number of imidazole rings is 1. The largest absolute Gasteiger partial charge is 0.508 e. The zero-order valence-corrected chi connectivity index (χ0v) is 23.5. The van der Waals surface area contributed by atoms with Gasteiger partial charge in [0.2, 0.25) is 0 Å². The maximum Gasteiger partial charge on any atom is 0.140 e. The molecule has 5 heteroatoms. The van der Waals surface area contributed by atoms with Gasteiger partial charge in [-0.05, 0) is 47.9 Å². The first kappa shape index (κ1) is 26.5. The Balaban J connectivity index is 1.64. The van der Waals surface area contributed by atoms with E-state index in [1.54, 1.807) is 12.1 Å². The molecule has 5 rings (SSSR count). The first-order valence-corrected chi connectivity index (χ1v) is 14.1. The summed E-state index contributed by atoms with van der Waals surface area (Å²) >= 11 is 6.65. The SMILES string of the molecule is CCCCn1c(-c2ccccc2)nc2c1C(N(Cc1ccccc1)Cc1ccc(O)cc1Cl)CC(C)(C)C2. The molecule has 0 bridgehead atoms. The number of hydrogen-bond donors (Lipinski definition) is 1. The smallest absolute Gasteiger partial charge is 0.140 e. The van der Waals surface area contributed by atoms with E-state index in [-0.39, 0.29) is 17.2 Å². The van der Waals surface area contributed by atoms with Crippen LogP contribution in [0.2, 0.25) is 5.02 Å². The van der Waals surface area contributed by atoms with Crippen LogP contribution in [0.25, 0.3) is 11.4 Å². The zero-order chi connectivity index (χ0) is 26.7. The average Bonchev–Trinajstić information content (AvgIpc) is 3.26. The monoisotopic (exact) mass is 527 g/mol. The summed E-state index contributed by atoms with van der Waals surface area (Å²) in [4.78, 5) is 7.88. The molecule has 0 saturated carbocycles. The number of nitrogens with zero attached hydrogens (tertiary/aromatic N) is 3. The third-order valence-electron chi connectivity index (χ3n) is 7.64. The Kier molecular flexibility index (Phi) is 7.92. The van der Waals surface area contributed by atoms with Crippen LogP contribution in [0.1, 0.15) is 68.6 Å². The minimum absolute atomic E-state index is 0.114. The summed E-state index contributed by atoms with van der Waals surface area (Å²) in [7, 11) is 0. The fourth-order valence-electron chi connectivity index (χ4n) is 5.79. The second-order valence-corrected chi connectivity index (χ2v) is 11.8. The van der Waals surface area contributed by atoms with E-state index in [4.69, 9.17) is 16.6 Å². The number of rotatable bonds is 9. The van der Waals surface area contributed by atoms with Gasteiger partial charge in [0.25, 0.3) is 0 Å². The Bertz CT molecular complexity index is 1360. The molecule has 1 aromatic heterocycles. The topological polar surface area (TPSA) is 41.3 Å². The molecular weight excluding hydrogens is 490 g/mol. The predicted octanol–water partition coefficient (Wildman–Crippen LogP) is 8.43. The first-order valence-electron chi connectivity index (χ1n) is 13.7. The Hall–Kier alpha value is -3.08. The third kappa shape index (κ3) is 5.82. The Morgan fingerprint density at radius 2 is 1.71 bits per heavy atom. The van der Waals surface area contributed by atoms with E-state index >= 15 is 0 Å². The van der Waals surface area contributed by atoms with Crippen LogP contribution in [-0.4, -0.2) is 19.6 Å². The van der Waals surface area contributed by atoms with Crippen LogP contribution >= 0.6 is 11.6 Å². The van der Waals surface area contributed by atoms with Crippen molar-refractivity contribution in [2.24, 2.45) is 5.41 Å². The molecule has 38 heavy (non-hydrogen) atoms. The molecule has 198 valence electrons. The summed E-state index contributed by atoms with van der Waals surface area (Å²) in [6.45, 7) is 9.43. The van der Waals surface area contributed by atoms with Gasteiger partial charge in [0.05, 0.1) is 17.4 Å². The van der Waals surface area contributed by atoms with Crippen molar-refractivity contribution in [2.45, 2.75) is 72.1 Å². The van der Waals surface area contributed by atoms with Crippen molar-refractivity contribution in [3.8, 4) is 17.1 Å². The number of hydrogen-bond acceptors (Lipinski definition) is 3. The minimum atomic E-state index is 0.114. The molecule has 1 aliphatic carbocycles. The molecule has 1 atom stereocenters. The minimum Gasteiger partial charge on any atom is -0.508 e. The van der Waals surface area contributed by atoms with Crippen LogP contribution in [0.5, 0.6) is 5.75 Å². The second kappa shape index (κ2) is 11.3. The summed E-state index contributed by atoms with van der Waals surface area (Å²) in [6.07, 6.45) is 4.25. The average molecular weight is 528 g/mol. The highest BCUT2D eigenvalue weighted by atomic mass is 35.5. The van der Waals surface area contributed by atoms with E-state index in [1.165, 1.54) is 22.5 Å². The molecule has 0 radical (unpaired) electrons. The second-order valence-electron chi connectivity index (χ2n) is 11.4. The molecular formula is C33H38ClN3O. The Morgan fingerprint density at radius 3 is 2.39 bits per heavy atom. The number of benzene rings is 3. The lowest BCUT2D eigenvalue weighted by atomic mass is 9.75. The lowest BCUT2D eigenvalue weighted by Crippen LogP contribution is -2.37. The summed E-state index contributed by atoms with van der Waals surface area (Å²) in [5, 5.41) is 10.6. The molecule has 0 saturated heterocycles. The molecule has 0 fully saturated rings. The van der Waals surface area contributed by atoms with Crippen molar-refractivity contribution in [1.82, 2.24) is 14.5 Å². The lowest BCUT2D eigenvalue weighted by Gasteiger charge is -2.42. The van der Waals surface area contributed by atoms with Crippen LogP contribution in [0.15, 0.2) is 78.9 Å². The Morgan fingerprint density at radius 1 is 1.00 bits per heavy atom. The van der Waals surface area contributed by atoms with Crippen LogP contribution in [-0.2, 0) is 26.1 Å². The number of unbranched alkanes of at least 4 members (excludes halogenated alkanes) is 1. The van der Waals surface area contributed by atoms with E-state index in [0.29, 0.717) is 11.6 Å². The number of phenolic OH excluding ortho intramolecular Hbond substituents is 1. The molecule has 0 spiro atoms. The third-order valence-corrected chi connectivity index (χ3v) is 7.99. The molecule has 0 amide bonds. The van der Waals surface area contributed by atoms with Crippen molar-refractivity contribution in [3.05, 3.63) is 106 Å². The predicted molar refractivity (Wildman–Crippen MR) is 156 cm³/mol. The first-order chi connectivity index (χ1) is 18.3.